The van der Waals surface area contributed by atoms with Gasteiger partial charge in [-0.25, -0.2) is 13.1 Å². The summed E-state index contributed by atoms with van der Waals surface area (Å²) in [6.07, 6.45) is 3.36. The number of nitrogens with zero attached hydrogens (tertiary/aromatic N) is 3. The summed E-state index contributed by atoms with van der Waals surface area (Å²) in [4.78, 5) is 9.99. The van der Waals surface area contributed by atoms with Crippen LogP contribution in [0, 0.1) is 10.1 Å². The molecule has 3 rings (SSSR count). The number of hydrogen-bond donors (Lipinski definition) is 1. The Balaban J connectivity index is 1.87. The Morgan fingerprint density at radius 3 is 2.46 bits per heavy atom. The predicted molar refractivity (Wildman–Crippen MR) is 87.5 cm³/mol. The van der Waals surface area contributed by atoms with Crippen molar-refractivity contribution in [1.29, 1.82) is 0 Å². The SMILES string of the molecule is O=[N+]([O-])c1ccc(S(=O)(=O)Nc2cccc(-n3cccn3)c2)cc1. The first-order valence-corrected chi connectivity index (χ1v) is 8.31. The van der Waals surface area contributed by atoms with Crippen molar-refractivity contribution in [2.45, 2.75) is 4.90 Å². The highest BCUT2D eigenvalue weighted by atomic mass is 32.2. The van der Waals surface area contributed by atoms with Crippen LogP contribution in [0.5, 0.6) is 0 Å². The van der Waals surface area contributed by atoms with Gasteiger partial charge in [-0.05, 0) is 36.4 Å². The number of aromatic nitrogens is 2. The van der Waals surface area contributed by atoms with Crippen LogP contribution in [0.1, 0.15) is 0 Å². The van der Waals surface area contributed by atoms with Gasteiger partial charge < -0.3 is 0 Å². The minimum Gasteiger partial charge on any atom is -0.280 e. The number of hydrogen-bond acceptors (Lipinski definition) is 5. The number of sulfonamides is 1. The second-order valence-electron chi connectivity index (χ2n) is 4.86. The van der Waals surface area contributed by atoms with E-state index in [4.69, 9.17) is 0 Å². The molecular weight excluding hydrogens is 332 g/mol. The molecule has 0 saturated heterocycles. The second kappa shape index (κ2) is 6.13. The molecule has 1 aromatic heterocycles. The quantitative estimate of drug-likeness (QED) is 0.565. The average molecular weight is 344 g/mol. The predicted octanol–water partition coefficient (Wildman–Crippen LogP) is 2.58. The minimum atomic E-state index is -3.84. The summed E-state index contributed by atoms with van der Waals surface area (Å²) in [5.74, 6) is 0. The Labute approximate surface area is 137 Å². The lowest BCUT2D eigenvalue weighted by atomic mass is 10.3. The van der Waals surface area contributed by atoms with E-state index in [1.807, 2.05) is 0 Å². The zero-order valence-electron chi connectivity index (χ0n) is 12.2. The number of rotatable bonds is 5. The molecule has 1 N–H and O–H groups in total. The van der Waals surface area contributed by atoms with Gasteiger partial charge in [-0.1, -0.05) is 6.07 Å². The van der Waals surface area contributed by atoms with Gasteiger partial charge >= 0.3 is 0 Å². The molecule has 122 valence electrons. The van der Waals surface area contributed by atoms with Crippen LogP contribution in [0.3, 0.4) is 0 Å². The topological polar surface area (TPSA) is 107 Å². The van der Waals surface area contributed by atoms with E-state index in [0.717, 1.165) is 12.1 Å². The zero-order chi connectivity index (χ0) is 17.2. The van der Waals surface area contributed by atoms with E-state index >= 15 is 0 Å². The summed E-state index contributed by atoms with van der Waals surface area (Å²) in [7, 11) is -3.84. The van der Waals surface area contributed by atoms with Crippen molar-refractivity contribution < 1.29 is 13.3 Å². The Morgan fingerprint density at radius 2 is 1.83 bits per heavy atom. The first-order chi connectivity index (χ1) is 11.5. The summed E-state index contributed by atoms with van der Waals surface area (Å²) in [6.45, 7) is 0. The van der Waals surface area contributed by atoms with Gasteiger partial charge in [-0.15, -0.1) is 0 Å². The molecule has 0 saturated carbocycles. The van der Waals surface area contributed by atoms with Gasteiger partial charge in [0.15, 0.2) is 0 Å². The van der Waals surface area contributed by atoms with Crippen molar-refractivity contribution in [3.8, 4) is 5.69 Å². The first kappa shape index (κ1) is 15.7. The highest BCUT2D eigenvalue weighted by molar-refractivity contribution is 7.92. The lowest BCUT2D eigenvalue weighted by Gasteiger charge is -2.09. The van der Waals surface area contributed by atoms with Crippen LogP contribution >= 0.6 is 0 Å². The zero-order valence-corrected chi connectivity index (χ0v) is 13.1. The Bertz CT molecular complexity index is 967. The van der Waals surface area contributed by atoms with E-state index < -0.39 is 14.9 Å². The molecule has 0 aliphatic rings. The van der Waals surface area contributed by atoms with Crippen molar-refractivity contribution in [3.05, 3.63) is 77.1 Å². The van der Waals surface area contributed by atoms with Crippen LogP contribution in [-0.2, 0) is 10.0 Å². The van der Waals surface area contributed by atoms with E-state index in [2.05, 4.69) is 9.82 Å². The number of anilines is 1. The van der Waals surface area contributed by atoms with E-state index in [0.29, 0.717) is 11.4 Å². The number of benzene rings is 2. The largest absolute Gasteiger partial charge is 0.280 e. The molecule has 0 aliphatic carbocycles. The molecule has 2 aromatic carbocycles. The van der Waals surface area contributed by atoms with Crippen molar-refractivity contribution in [1.82, 2.24) is 9.78 Å². The molecule has 0 amide bonds. The maximum Gasteiger partial charge on any atom is 0.269 e. The lowest BCUT2D eigenvalue weighted by molar-refractivity contribution is -0.384. The molecule has 0 unspecified atom stereocenters. The molecule has 0 atom stereocenters. The second-order valence-corrected chi connectivity index (χ2v) is 6.54. The standard InChI is InChI=1S/C15H12N4O4S/c20-19(21)13-5-7-15(8-6-13)24(22,23)17-12-3-1-4-14(11-12)18-10-2-9-16-18/h1-11,17H. The molecule has 8 nitrogen and oxygen atoms in total. The fourth-order valence-corrected chi connectivity index (χ4v) is 3.14. The van der Waals surface area contributed by atoms with Gasteiger partial charge in [-0.3, -0.25) is 14.8 Å². The van der Waals surface area contributed by atoms with Crippen molar-refractivity contribution in [2.24, 2.45) is 0 Å². The monoisotopic (exact) mass is 344 g/mol. The summed E-state index contributed by atoms with van der Waals surface area (Å²) < 4.78 is 28.8. The van der Waals surface area contributed by atoms with Gasteiger partial charge in [0.1, 0.15) is 0 Å². The maximum absolute atomic E-state index is 12.4. The maximum atomic E-state index is 12.4. The van der Waals surface area contributed by atoms with Gasteiger partial charge in [-0.2, -0.15) is 5.10 Å². The van der Waals surface area contributed by atoms with Crippen LogP contribution in [-0.4, -0.2) is 23.1 Å². The van der Waals surface area contributed by atoms with E-state index in [9.17, 15) is 18.5 Å². The lowest BCUT2D eigenvalue weighted by Crippen LogP contribution is -2.13. The van der Waals surface area contributed by atoms with Crippen LogP contribution in [0.2, 0.25) is 0 Å². The Hall–Kier alpha value is -3.20. The summed E-state index contributed by atoms with van der Waals surface area (Å²) >= 11 is 0. The molecule has 3 aromatic rings. The first-order valence-electron chi connectivity index (χ1n) is 6.83. The molecular formula is C15H12N4O4S. The fourth-order valence-electron chi connectivity index (χ4n) is 2.09. The van der Waals surface area contributed by atoms with Gasteiger partial charge in [0.25, 0.3) is 15.7 Å². The number of nitro groups is 1. The molecule has 1 heterocycles. The normalized spacial score (nSPS) is 11.2. The van der Waals surface area contributed by atoms with Gasteiger partial charge in [0.05, 0.1) is 21.2 Å². The van der Waals surface area contributed by atoms with Gasteiger partial charge in [0.2, 0.25) is 0 Å². The summed E-state index contributed by atoms with van der Waals surface area (Å²) in [6, 6.07) is 13.2. The smallest absolute Gasteiger partial charge is 0.269 e. The van der Waals surface area contributed by atoms with Crippen molar-refractivity contribution in [3.63, 3.8) is 0 Å². The number of nitrogens with one attached hydrogen (secondary N) is 1. The molecule has 24 heavy (non-hydrogen) atoms. The van der Waals surface area contributed by atoms with E-state index in [1.165, 1.54) is 12.1 Å². The minimum absolute atomic E-state index is 0.0578. The highest BCUT2D eigenvalue weighted by Crippen LogP contribution is 2.20. The van der Waals surface area contributed by atoms with Crippen LogP contribution in [0.15, 0.2) is 71.9 Å². The van der Waals surface area contributed by atoms with Crippen LogP contribution in [0.25, 0.3) is 5.69 Å². The molecule has 0 radical (unpaired) electrons. The third-order valence-corrected chi connectivity index (χ3v) is 4.62. The third-order valence-electron chi connectivity index (χ3n) is 3.23. The average Bonchev–Trinajstić information content (AvgIpc) is 3.09. The summed E-state index contributed by atoms with van der Waals surface area (Å²) in [5.41, 5.74) is 0.889. The van der Waals surface area contributed by atoms with Gasteiger partial charge in [0, 0.05) is 24.5 Å². The Kier molecular flexibility index (Phi) is 4.00. The Morgan fingerprint density at radius 1 is 1.08 bits per heavy atom. The number of non-ortho nitro benzene ring substituents is 1. The molecule has 0 aliphatic heterocycles. The van der Waals surface area contributed by atoms with Crippen molar-refractivity contribution in [2.75, 3.05) is 4.72 Å². The van der Waals surface area contributed by atoms with E-state index in [1.54, 1.807) is 47.4 Å². The highest BCUT2D eigenvalue weighted by Gasteiger charge is 2.16. The fraction of sp³-hybridized carbons (Fsp3) is 0. The number of nitro benzene ring substituents is 1. The van der Waals surface area contributed by atoms with Crippen LogP contribution in [0.4, 0.5) is 11.4 Å². The van der Waals surface area contributed by atoms with Crippen LogP contribution < -0.4 is 4.72 Å². The third kappa shape index (κ3) is 3.25. The molecule has 0 bridgehead atoms. The molecule has 0 fully saturated rings. The van der Waals surface area contributed by atoms with Crippen molar-refractivity contribution >= 4 is 21.4 Å². The molecule has 9 heteroatoms. The summed E-state index contributed by atoms with van der Waals surface area (Å²) in [5, 5.41) is 14.7. The molecule has 0 spiro atoms. The van der Waals surface area contributed by atoms with E-state index in [-0.39, 0.29) is 10.6 Å².